The molecule has 1 heterocycles. The van der Waals surface area contributed by atoms with Crippen LogP contribution < -0.4 is 5.32 Å². The lowest BCUT2D eigenvalue weighted by Gasteiger charge is -2.27. The zero-order chi connectivity index (χ0) is 24.6. The number of rotatable bonds is 6. The number of amides is 2. The molecule has 4 rings (SSSR count). The van der Waals surface area contributed by atoms with Gasteiger partial charge in [-0.05, 0) is 41.0 Å². The molecule has 1 aliphatic heterocycles. The molecule has 0 bridgehead atoms. The van der Waals surface area contributed by atoms with Crippen molar-refractivity contribution in [1.29, 1.82) is 0 Å². The lowest BCUT2D eigenvalue weighted by Crippen LogP contribution is -2.51. The van der Waals surface area contributed by atoms with Crippen molar-refractivity contribution in [2.24, 2.45) is 17.3 Å². The Kier molecular flexibility index (Phi) is 6.39. The number of fused-ring (bicyclic) bond motifs is 3. The maximum Gasteiger partial charge on any atom is 0.407 e. The number of benzene rings is 2. The first-order chi connectivity index (χ1) is 16.1. The number of carbonyl (C=O) groups excluding carboxylic acids is 2. The van der Waals surface area contributed by atoms with E-state index in [1.807, 2.05) is 45.0 Å². The predicted octanol–water partition coefficient (Wildman–Crippen LogP) is 4.12. The topological polar surface area (TPSA) is 95.9 Å². The summed E-state index contributed by atoms with van der Waals surface area (Å²) in [7, 11) is 0. The second-order valence-electron chi connectivity index (χ2n) is 10.0. The number of nitrogens with zero attached hydrogens (tertiary/aromatic N) is 1. The SMILES string of the molecule is CC(C)[C@@H](NC(=O)OCC1c2ccccc2-c2ccccc21)C(=O)N1C[C@H](C)[C@@](C)(C(=O)O)C1. The fourth-order valence-corrected chi connectivity index (χ4v) is 5.07. The molecule has 180 valence electrons. The first-order valence-electron chi connectivity index (χ1n) is 11.8. The van der Waals surface area contributed by atoms with Gasteiger partial charge in [0.15, 0.2) is 0 Å². The van der Waals surface area contributed by atoms with Gasteiger partial charge in [-0.3, -0.25) is 9.59 Å². The third kappa shape index (κ3) is 4.15. The molecule has 0 radical (unpaired) electrons. The molecule has 7 nitrogen and oxygen atoms in total. The van der Waals surface area contributed by atoms with Crippen LogP contribution in [0.3, 0.4) is 0 Å². The summed E-state index contributed by atoms with van der Waals surface area (Å²) >= 11 is 0. The van der Waals surface area contributed by atoms with E-state index in [0.29, 0.717) is 6.54 Å². The van der Waals surface area contributed by atoms with E-state index in [2.05, 4.69) is 29.6 Å². The number of hydrogen-bond acceptors (Lipinski definition) is 4. The monoisotopic (exact) mass is 464 g/mol. The molecule has 7 heteroatoms. The number of aliphatic carboxylic acids is 1. The largest absolute Gasteiger partial charge is 0.481 e. The van der Waals surface area contributed by atoms with E-state index in [1.54, 1.807) is 11.8 Å². The number of likely N-dealkylation sites (tertiary alicyclic amines) is 1. The molecule has 1 fully saturated rings. The Bertz CT molecular complexity index is 1070. The van der Waals surface area contributed by atoms with E-state index in [9.17, 15) is 19.5 Å². The Morgan fingerprint density at radius 3 is 2.15 bits per heavy atom. The van der Waals surface area contributed by atoms with Gasteiger partial charge in [-0.1, -0.05) is 69.3 Å². The summed E-state index contributed by atoms with van der Waals surface area (Å²) in [5.74, 6) is -1.63. The van der Waals surface area contributed by atoms with E-state index >= 15 is 0 Å². The summed E-state index contributed by atoms with van der Waals surface area (Å²) in [6.07, 6.45) is -0.651. The van der Waals surface area contributed by atoms with Crippen LogP contribution in [0.5, 0.6) is 0 Å². The van der Waals surface area contributed by atoms with Crippen molar-refractivity contribution in [3.63, 3.8) is 0 Å². The van der Waals surface area contributed by atoms with Gasteiger partial charge >= 0.3 is 12.1 Å². The predicted molar refractivity (Wildman–Crippen MR) is 128 cm³/mol. The van der Waals surface area contributed by atoms with Crippen LogP contribution in [0.4, 0.5) is 4.79 Å². The number of nitrogens with one attached hydrogen (secondary N) is 1. The van der Waals surface area contributed by atoms with Crippen LogP contribution in [0, 0.1) is 17.3 Å². The molecule has 1 saturated heterocycles. The van der Waals surface area contributed by atoms with Crippen molar-refractivity contribution in [1.82, 2.24) is 10.2 Å². The zero-order valence-electron chi connectivity index (χ0n) is 20.1. The van der Waals surface area contributed by atoms with E-state index in [0.717, 1.165) is 22.3 Å². The van der Waals surface area contributed by atoms with Gasteiger partial charge in [-0.15, -0.1) is 0 Å². The highest BCUT2D eigenvalue weighted by atomic mass is 16.5. The number of alkyl carbamates (subject to hydrolysis) is 1. The molecule has 0 aromatic heterocycles. The minimum absolute atomic E-state index is 0.0675. The fourth-order valence-electron chi connectivity index (χ4n) is 5.07. The lowest BCUT2D eigenvalue weighted by molar-refractivity contribution is -0.149. The molecule has 2 amide bonds. The molecule has 3 atom stereocenters. The first-order valence-corrected chi connectivity index (χ1v) is 11.8. The van der Waals surface area contributed by atoms with Crippen LogP contribution in [0.25, 0.3) is 11.1 Å². The lowest BCUT2D eigenvalue weighted by atomic mass is 9.81. The van der Waals surface area contributed by atoms with Crippen molar-refractivity contribution in [3.8, 4) is 11.1 Å². The van der Waals surface area contributed by atoms with Gasteiger partial charge in [-0.25, -0.2) is 4.79 Å². The molecule has 0 spiro atoms. The van der Waals surface area contributed by atoms with Gasteiger partial charge in [0.05, 0.1) is 5.41 Å². The van der Waals surface area contributed by atoms with Crippen molar-refractivity contribution in [2.75, 3.05) is 19.7 Å². The third-order valence-electron chi connectivity index (χ3n) is 7.45. The summed E-state index contributed by atoms with van der Waals surface area (Å²) in [5.41, 5.74) is 3.53. The highest BCUT2D eigenvalue weighted by molar-refractivity contribution is 5.87. The quantitative estimate of drug-likeness (QED) is 0.671. The Morgan fingerprint density at radius 2 is 1.65 bits per heavy atom. The normalized spacial score (nSPS) is 22.3. The smallest absolute Gasteiger partial charge is 0.407 e. The second kappa shape index (κ2) is 9.12. The van der Waals surface area contributed by atoms with Crippen molar-refractivity contribution < 1.29 is 24.2 Å². The standard InChI is InChI=1S/C27H32N2O5/c1-16(2)23(24(30)29-13-17(3)27(4,15-29)25(31)32)28-26(33)34-14-22-20-11-7-5-9-18(20)19-10-6-8-12-21(19)22/h5-12,16-17,22-23H,13-15H2,1-4H3,(H,28,33)(H,31,32)/t17-,23+,27-/m0/s1. The number of carboxylic acid groups (broad SMARTS) is 1. The number of carboxylic acids is 1. The van der Waals surface area contributed by atoms with Crippen LogP contribution in [0.1, 0.15) is 44.7 Å². The molecule has 1 aliphatic carbocycles. The van der Waals surface area contributed by atoms with Crippen LogP contribution in [0.2, 0.25) is 0 Å². The van der Waals surface area contributed by atoms with Crippen LogP contribution in [0.15, 0.2) is 48.5 Å². The molecule has 0 unspecified atom stereocenters. The van der Waals surface area contributed by atoms with Gasteiger partial charge in [0.1, 0.15) is 12.6 Å². The van der Waals surface area contributed by atoms with Crippen LogP contribution in [-0.4, -0.2) is 53.7 Å². The average molecular weight is 465 g/mol. The Labute approximate surface area is 200 Å². The van der Waals surface area contributed by atoms with E-state index in [-0.39, 0.29) is 36.8 Å². The summed E-state index contributed by atoms with van der Waals surface area (Å²) in [5, 5.41) is 12.4. The average Bonchev–Trinajstić information content (AvgIpc) is 3.30. The maximum atomic E-state index is 13.2. The highest BCUT2D eigenvalue weighted by Crippen LogP contribution is 2.44. The minimum Gasteiger partial charge on any atom is -0.481 e. The Morgan fingerprint density at radius 1 is 1.09 bits per heavy atom. The zero-order valence-corrected chi connectivity index (χ0v) is 20.1. The molecule has 2 aromatic rings. The van der Waals surface area contributed by atoms with Gasteiger partial charge in [-0.2, -0.15) is 0 Å². The summed E-state index contributed by atoms with van der Waals surface area (Å²) < 4.78 is 5.62. The van der Waals surface area contributed by atoms with E-state index in [1.165, 1.54) is 0 Å². The molecular weight excluding hydrogens is 432 g/mol. The molecular formula is C27H32N2O5. The van der Waals surface area contributed by atoms with E-state index in [4.69, 9.17) is 4.74 Å². The number of ether oxygens (including phenoxy) is 1. The van der Waals surface area contributed by atoms with E-state index < -0.39 is 23.5 Å². The molecule has 0 saturated carbocycles. The van der Waals surface area contributed by atoms with Gasteiger partial charge in [0.2, 0.25) is 5.91 Å². The molecule has 34 heavy (non-hydrogen) atoms. The molecule has 2 N–H and O–H groups in total. The first kappa shape index (κ1) is 23.8. The Balaban J connectivity index is 1.43. The van der Waals surface area contributed by atoms with Crippen molar-refractivity contribution >= 4 is 18.0 Å². The third-order valence-corrected chi connectivity index (χ3v) is 7.45. The molecule has 2 aromatic carbocycles. The summed E-state index contributed by atoms with van der Waals surface area (Å²) in [4.78, 5) is 39.3. The minimum atomic E-state index is -0.999. The van der Waals surface area contributed by atoms with Crippen molar-refractivity contribution in [3.05, 3.63) is 59.7 Å². The molecule has 2 aliphatic rings. The van der Waals surface area contributed by atoms with Gasteiger partial charge in [0, 0.05) is 19.0 Å². The second-order valence-corrected chi connectivity index (χ2v) is 10.0. The maximum absolute atomic E-state index is 13.2. The summed E-state index contributed by atoms with van der Waals surface area (Å²) in [6.45, 7) is 7.83. The fraction of sp³-hybridized carbons (Fsp3) is 0.444. The van der Waals surface area contributed by atoms with Gasteiger partial charge < -0.3 is 20.1 Å². The van der Waals surface area contributed by atoms with Crippen LogP contribution >= 0.6 is 0 Å². The van der Waals surface area contributed by atoms with Crippen molar-refractivity contribution in [2.45, 2.75) is 39.7 Å². The number of hydrogen-bond donors (Lipinski definition) is 2. The summed E-state index contributed by atoms with van der Waals surface area (Å²) in [6, 6.07) is 15.4. The number of carbonyl (C=O) groups is 3. The Hall–Kier alpha value is -3.35. The van der Waals surface area contributed by atoms with Gasteiger partial charge in [0.25, 0.3) is 0 Å². The van der Waals surface area contributed by atoms with Crippen LogP contribution in [-0.2, 0) is 14.3 Å². The highest BCUT2D eigenvalue weighted by Gasteiger charge is 2.49.